The average molecular weight is 463 g/mol. The normalized spacial score (nSPS) is 45.7. The number of rotatable bonds is 9. The van der Waals surface area contributed by atoms with Crippen molar-refractivity contribution in [2.45, 2.75) is 123 Å². The lowest BCUT2D eigenvalue weighted by Crippen LogP contribution is -2.59. The molecule has 0 amide bonds. The van der Waals surface area contributed by atoms with E-state index in [-0.39, 0.29) is 6.10 Å². The van der Waals surface area contributed by atoms with Crippen LogP contribution in [0.3, 0.4) is 0 Å². The second-order valence-electron chi connectivity index (χ2n) is 12.9. The average Bonchev–Trinajstić information content (AvgIpc) is 3.13. The Morgan fingerprint density at radius 2 is 1.76 bits per heavy atom. The van der Waals surface area contributed by atoms with E-state index in [4.69, 9.17) is 4.74 Å². The van der Waals surface area contributed by atoms with Crippen LogP contribution in [-0.2, 0) is 9.53 Å². The van der Waals surface area contributed by atoms with Gasteiger partial charge in [0.15, 0.2) is 0 Å². The molecule has 4 saturated carbocycles. The molecule has 2 N–H and O–H groups in total. The predicted octanol–water partition coefficient (Wildman–Crippen LogP) is 6.69. The quantitative estimate of drug-likeness (QED) is 0.374. The van der Waals surface area contributed by atoms with Gasteiger partial charge in [-0.05, 0) is 111 Å². The number of unbranched alkanes of at least 4 members (excludes halogenated alkanes) is 2. The van der Waals surface area contributed by atoms with Gasteiger partial charge in [0.25, 0.3) is 0 Å². The highest BCUT2D eigenvalue weighted by atomic mass is 16.5. The van der Waals surface area contributed by atoms with E-state index < -0.39 is 5.97 Å². The van der Waals surface area contributed by atoms with E-state index in [0.717, 1.165) is 38.7 Å². The van der Waals surface area contributed by atoms with E-state index in [0.29, 0.717) is 58.9 Å². The summed E-state index contributed by atoms with van der Waals surface area (Å²) in [5.41, 5.74) is 0.670. The molecule has 0 bridgehead atoms. The highest BCUT2D eigenvalue weighted by Gasteiger charge is 2.63. The lowest BCUT2D eigenvalue weighted by molar-refractivity contribution is -0.188. The Labute approximate surface area is 202 Å². The zero-order valence-electron chi connectivity index (χ0n) is 21.7. The molecular formula is C29H50O4. The number of hydrogen-bond donors (Lipinski definition) is 2. The van der Waals surface area contributed by atoms with Crippen molar-refractivity contribution in [2.75, 3.05) is 6.61 Å². The van der Waals surface area contributed by atoms with Gasteiger partial charge in [-0.3, -0.25) is 4.79 Å². The van der Waals surface area contributed by atoms with Crippen molar-refractivity contribution in [2.24, 2.45) is 46.3 Å². The molecule has 0 saturated heterocycles. The van der Waals surface area contributed by atoms with E-state index in [1.54, 1.807) is 0 Å². The van der Waals surface area contributed by atoms with Crippen LogP contribution in [0, 0.1) is 46.3 Å². The zero-order chi connectivity index (χ0) is 23.8. The van der Waals surface area contributed by atoms with Gasteiger partial charge in [0.05, 0.1) is 12.2 Å². The molecule has 0 heterocycles. The van der Waals surface area contributed by atoms with Crippen molar-refractivity contribution in [3.8, 4) is 0 Å². The lowest BCUT2D eigenvalue weighted by Gasteiger charge is -2.63. The first kappa shape index (κ1) is 25.5. The molecule has 0 radical (unpaired) electrons. The van der Waals surface area contributed by atoms with Crippen LogP contribution in [0.5, 0.6) is 0 Å². The van der Waals surface area contributed by atoms with Gasteiger partial charge < -0.3 is 14.9 Å². The Morgan fingerprint density at radius 1 is 1.03 bits per heavy atom. The standard InChI is InChI=1S/C29H50O4/c1-5-6-7-16-33-25-18-20-17-21(30)12-14-28(20,3)24-13-15-29(4)22(9-10-23(29)27(24)25)19(2)8-11-26(31)32/h19-25,27,30H,5-18H2,1-4H3,(H,31,32)/t19-,20+,21-,22-,23+,24+,25-,27+,28+,29-/m1/s1. The lowest BCUT2D eigenvalue weighted by atomic mass is 9.43. The minimum absolute atomic E-state index is 0.125. The number of carbonyl (C=O) groups is 1. The van der Waals surface area contributed by atoms with Gasteiger partial charge in [0, 0.05) is 13.0 Å². The maximum absolute atomic E-state index is 11.2. The number of aliphatic hydroxyl groups excluding tert-OH is 1. The molecule has 0 aromatic heterocycles. The van der Waals surface area contributed by atoms with E-state index in [1.807, 2.05) is 0 Å². The fourth-order valence-corrected chi connectivity index (χ4v) is 9.46. The molecular weight excluding hydrogens is 412 g/mol. The SMILES string of the molecule is CCCCCO[C@@H]1C[C@@H]2C[C@H](O)CC[C@]2(C)[C@H]2CC[C@]3(C)[C@@H]([C@H](C)CCC(=O)O)CC[C@H]3[C@H]12. The van der Waals surface area contributed by atoms with Crippen molar-refractivity contribution in [3.05, 3.63) is 0 Å². The number of carboxylic acid groups (broad SMARTS) is 1. The molecule has 0 spiro atoms. The summed E-state index contributed by atoms with van der Waals surface area (Å²) in [6.45, 7) is 10.6. The fraction of sp³-hybridized carbons (Fsp3) is 0.966. The Balaban J connectivity index is 1.57. The first-order chi connectivity index (χ1) is 15.7. The summed E-state index contributed by atoms with van der Waals surface area (Å²) in [6, 6.07) is 0. The molecule has 0 aromatic rings. The maximum Gasteiger partial charge on any atom is 0.303 e. The second-order valence-corrected chi connectivity index (χ2v) is 12.9. The fourth-order valence-electron chi connectivity index (χ4n) is 9.46. The molecule has 0 aliphatic heterocycles. The van der Waals surface area contributed by atoms with Crippen LogP contribution < -0.4 is 0 Å². The number of ether oxygens (including phenoxy) is 1. The van der Waals surface area contributed by atoms with E-state index in [2.05, 4.69) is 27.7 Å². The number of carboxylic acids is 1. The van der Waals surface area contributed by atoms with Crippen molar-refractivity contribution < 1.29 is 19.7 Å². The Morgan fingerprint density at radius 3 is 2.48 bits per heavy atom. The Kier molecular flexibility index (Phi) is 7.85. The van der Waals surface area contributed by atoms with Gasteiger partial charge >= 0.3 is 5.97 Å². The molecule has 4 aliphatic rings. The van der Waals surface area contributed by atoms with E-state index in [9.17, 15) is 15.0 Å². The van der Waals surface area contributed by atoms with Gasteiger partial charge in [-0.2, -0.15) is 0 Å². The minimum Gasteiger partial charge on any atom is -0.481 e. The third-order valence-corrected chi connectivity index (χ3v) is 11.3. The van der Waals surface area contributed by atoms with Crippen LogP contribution in [0.25, 0.3) is 0 Å². The third kappa shape index (κ3) is 4.77. The molecule has 4 fully saturated rings. The molecule has 4 nitrogen and oxygen atoms in total. The summed E-state index contributed by atoms with van der Waals surface area (Å²) in [5.74, 6) is 3.11. The minimum atomic E-state index is -0.656. The van der Waals surface area contributed by atoms with Gasteiger partial charge in [-0.25, -0.2) is 0 Å². The number of aliphatic carboxylic acids is 1. The van der Waals surface area contributed by atoms with Crippen LogP contribution in [0.15, 0.2) is 0 Å². The summed E-state index contributed by atoms with van der Waals surface area (Å²) in [6.07, 6.45) is 14.3. The Hall–Kier alpha value is -0.610. The first-order valence-corrected chi connectivity index (χ1v) is 14.2. The summed E-state index contributed by atoms with van der Waals surface area (Å²) in [4.78, 5) is 11.2. The van der Waals surface area contributed by atoms with Crippen LogP contribution in [0.1, 0.15) is 111 Å². The van der Waals surface area contributed by atoms with Crippen LogP contribution in [-0.4, -0.2) is 35.0 Å². The number of fused-ring (bicyclic) bond motifs is 5. The van der Waals surface area contributed by atoms with E-state index >= 15 is 0 Å². The number of hydrogen-bond acceptors (Lipinski definition) is 3. The molecule has 4 aliphatic carbocycles. The van der Waals surface area contributed by atoms with Crippen molar-refractivity contribution in [1.82, 2.24) is 0 Å². The topological polar surface area (TPSA) is 66.8 Å². The highest BCUT2D eigenvalue weighted by Crippen LogP contribution is 2.68. The third-order valence-electron chi connectivity index (χ3n) is 11.3. The zero-order valence-corrected chi connectivity index (χ0v) is 21.7. The van der Waals surface area contributed by atoms with Crippen molar-refractivity contribution in [1.29, 1.82) is 0 Å². The summed E-state index contributed by atoms with van der Waals surface area (Å²) in [7, 11) is 0. The largest absolute Gasteiger partial charge is 0.481 e. The smallest absolute Gasteiger partial charge is 0.303 e. The summed E-state index contributed by atoms with van der Waals surface area (Å²) >= 11 is 0. The predicted molar refractivity (Wildman–Crippen MR) is 132 cm³/mol. The highest BCUT2D eigenvalue weighted by molar-refractivity contribution is 5.66. The van der Waals surface area contributed by atoms with Crippen LogP contribution in [0.4, 0.5) is 0 Å². The Bertz CT molecular complexity index is 679. The molecule has 0 unspecified atom stereocenters. The van der Waals surface area contributed by atoms with Gasteiger partial charge in [-0.15, -0.1) is 0 Å². The van der Waals surface area contributed by atoms with E-state index in [1.165, 1.54) is 44.9 Å². The molecule has 33 heavy (non-hydrogen) atoms. The van der Waals surface area contributed by atoms with Gasteiger partial charge in [-0.1, -0.05) is 40.5 Å². The molecule has 10 atom stereocenters. The molecule has 190 valence electrons. The van der Waals surface area contributed by atoms with Crippen molar-refractivity contribution in [3.63, 3.8) is 0 Å². The molecule has 4 rings (SSSR count). The monoisotopic (exact) mass is 462 g/mol. The van der Waals surface area contributed by atoms with Gasteiger partial charge in [0.2, 0.25) is 0 Å². The van der Waals surface area contributed by atoms with Crippen LogP contribution in [0.2, 0.25) is 0 Å². The molecule has 4 heteroatoms. The molecule has 0 aromatic carbocycles. The van der Waals surface area contributed by atoms with Crippen molar-refractivity contribution >= 4 is 5.97 Å². The van der Waals surface area contributed by atoms with Gasteiger partial charge in [0.1, 0.15) is 0 Å². The summed E-state index contributed by atoms with van der Waals surface area (Å²) in [5, 5.41) is 19.7. The summed E-state index contributed by atoms with van der Waals surface area (Å²) < 4.78 is 6.75. The first-order valence-electron chi connectivity index (χ1n) is 14.2. The van der Waals surface area contributed by atoms with Crippen LogP contribution >= 0.6 is 0 Å². The maximum atomic E-state index is 11.2. The number of aliphatic hydroxyl groups is 1. The second kappa shape index (κ2) is 10.2.